The van der Waals surface area contributed by atoms with Crippen molar-refractivity contribution in [1.29, 1.82) is 0 Å². The quantitative estimate of drug-likeness (QED) is 0.510. The summed E-state index contributed by atoms with van der Waals surface area (Å²) in [4.78, 5) is 0. The Morgan fingerprint density at radius 1 is 1.20 bits per heavy atom. The van der Waals surface area contributed by atoms with E-state index in [-0.39, 0.29) is 0 Å². The SMILES string of the molecule is C=C/C(=C/C)C(C)=C(C)C. The standard InChI is InChI=1S/C10H16/c1-6-10(7-2)9(5)8(3)4/h6-7H,1H2,2-5H3/b10-7-. The van der Waals surface area contributed by atoms with E-state index in [4.69, 9.17) is 0 Å². The number of rotatable bonds is 2. The Hall–Kier alpha value is -0.780. The van der Waals surface area contributed by atoms with Crippen molar-refractivity contribution in [2.24, 2.45) is 0 Å². The predicted octanol–water partition coefficient (Wildman–Crippen LogP) is 3.48. The zero-order valence-corrected chi connectivity index (χ0v) is 7.36. The zero-order valence-electron chi connectivity index (χ0n) is 7.36. The summed E-state index contributed by atoms with van der Waals surface area (Å²) < 4.78 is 0. The van der Waals surface area contributed by atoms with Gasteiger partial charge in [-0.05, 0) is 38.8 Å². The Balaban J connectivity index is 4.64. The molecule has 0 heterocycles. The van der Waals surface area contributed by atoms with Crippen LogP contribution in [0.5, 0.6) is 0 Å². The van der Waals surface area contributed by atoms with Gasteiger partial charge in [0, 0.05) is 0 Å². The molecule has 0 aliphatic heterocycles. The van der Waals surface area contributed by atoms with Crippen LogP contribution in [0.2, 0.25) is 0 Å². The second-order valence-electron chi connectivity index (χ2n) is 2.57. The van der Waals surface area contributed by atoms with Crippen LogP contribution in [-0.2, 0) is 0 Å². The van der Waals surface area contributed by atoms with Crippen molar-refractivity contribution in [2.75, 3.05) is 0 Å². The van der Waals surface area contributed by atoms with Crippen molar-refractivity contribution in [3.63, 3.8) is 0 Å². The highest BCUT2D eigenvalue weighted by Gasteiger charge is 1.93. The zero-order chi connectivity index (χ0) is 8.15. The minimum Gasteiger partial charge on any atom is -0.0985 e. The van der Waals surface area contributed by atoms with Crippen LogP contribution in [0, 0.1) is 0 Å². The monoisotopic (exact) mass is 136 g/mol. The van der Waals surface area contributed by atoms with Gasteiger partial charge >= 0.3 is 0 Å². The van der Waals surface area contributed by atoms with Crippen molar-refractivity contribution in [2.45, 2.75) is 27.7 Å². The molecule has 0 aromatic heterocycles. The van der Waals surface area contributed by atoms with Gasteiger partial charge in [-0.3, -0.25) is 0 Å². The van der Waals surface area contributed by atoms with Crippen molar-refractivity contribution in [3.8, 4) is 0 Å². The molecular weight excluding hydrogens is 120 g/mol. The van der Waals surface area contributed by atoms with Crippen molar-refractivity contribution >= 4 is 0 Å². The molecule has 0 aliphatic rings. The second kappa shape index (κ2) is 4.10. The molecule has 10 heavy (non-hydrogen) atoms. The van der Waals surface area contributed by atoms with Gasteiger partial charge in [0.05, 0.1) is 0 Å². The molecular formula is C10H16. The number of allylic oxidation sites excluding steroid dienone is 5. The summed E-state index contributed by atoms with van der Waals surface area (Å²) in [7, 11) is 0. The van der Waals surface area contributed by atoms with Crippen LogP contribution in [0.15, 0.2) is 35.5 Å². The summed E-state index contributed by atoms with van der Waals surface area (Å²) >= 11 is 0. The Morgan fingerprint density at radius 2 is 1.70 bits per heavy atom. The number of hydrogen-bond donors (Lipinski definition) is 0. The molecule has 0 heteroatoms. The first-order valence-electron chi connectivity index (χ1n) is 3.56. The van der Waals surface area contributed by atoms with Crippen LogP contribution in [-0.4, -0.2) is 0 Å². The average molecular weight is 136 g/mol. The van der Waals surface area contributed by atoms with E-state index in [9.17, 15) is 0 Å². The molecule has 0 saturated carbocycles. The lowest BCUT2D eigenvalue weighted by molar-refractivity contribution is 1.25. The van der Waals surface area contributed by atoms with Crippen molar-refractivity contribution < 1.29 is 0 Å². The van der Waals surface area contributed by atoms with E-state index >= 15 is 0 Å². The molecule has 0 aliphatic carbocycles. The van der Waals surface area contributed by atoms with E-state index in [0.29, 0.717) is 0 Å². The first-order chi connectivity index (χ1) is 4.63. The van der Waals surface area contributed by atoms with Crippen LogP contribution in [0.3, 0.4) is 0 Å². The summed E-state index contributed by atoms with van der Waals surface area (Å²) in [6.07, 6.45) is 3.97. The van der Waals surface area contributed by atoms with Gasteiger partial charge in [0.2, 0.25) is 0 Å². The van der Waals surface area contributed by atoms with Gasteiger partial charge in [0.15, 0.2) is 0 Å². The Morgan fingerprint density at radius 3 is 1.80 bits per heavy atom. The van der Waals surface area contributed by atoms with E-state index in [1.165, 1.54) is 16.7 Å². The highest BCUT2D eigenvalue weighted by molar-refractivity contribution is 5.38. The molecule has 0 amide bonds. The topological polar surface area (TPSA) is 0 Å². The van der Waals surface area contributed by atoms with Gasteiger partial charge < -0.3 is 0 Å². The third-order valence-corrected chi connectivity index (χ3v) is 1.71. The fourth-order valence-electron chi connectivity index (χ4n) is 0.776. The maximum Gasteiger partial charge on any atom is -0.0277 e. The fourth-order valence-corrected chi connectivity index (χ4v) is 0.776. The molecule has 0 nitrogen and oxygen atoms in total. The largest absolute Gasteiger partial charge is 0.0985 e. The van der Waals surface area contributed by atoms with Crippen LogP contribution >= 0.6 is 0 Å². The summed E-state index contributed by atoms with van der Waals surface area (Å²) in [6.45, 7) is 12.1. The summed E-state index contributed by atoms with van der Waals surface area (Å²) in [5.41, 5.74) is 3.92. The first kappa shape index (κ1) is 9.22. The first-order valence-corrected chi connectivity index (χ1v) is 3.56. The minimum absolute atomic E-state index is 1.24. The predicted molar refractivity (Wildman–Crippen MR) is 48.0 cm³/mol. The molecule has 0 aromatic rings. The van der Waals surface area contributed by atoms with E-state index < -0.39 is 0 Å². The van der Waals surface area contributed by atoms with Crippen molar-refractivity contribution in [1.82, 2.24) is 0 Å². The summed E-state index contributed by atoms with van der Waals surface area (Å²) in [5.74, 6) is 0. The molecule has 0 spiro atoms. The minimum atomic E-state index is 1.24. The molecule has 0 saturated heterocycles. The second-order valence-corrected chi connectivity index (χ2v) is 2.57. The van der Waals surface area contributed by atoms with Crippen LogP contribution in [0.4, 0.5) is 0 Å². The van der Waals surface area contributed by atoms with Gasteiger partial charge in [-0.2, -0.15) is 0 Å². The maximum atomic E-state index is 3.73. The van der Waals surface area contributed by atoms with Crippen LogP contribution in [0.1, 0.15) is 27.7 Å². The molecule has 0 fully saturated rings. The summed E-state index contributed by atoms with van der Waals surface area (Å²) in [6, 6.07) is 0. The van der Waals surface area contributed by atoms with E-state index in [1.54, 1.807) is 0 Å². The van der Waals surface area contributed by atoms with E-state index in [1.807, 2.05) is 13.0 Å². The molecule has 0 aromatic carbocycles. The normalized spacial score (nSPS) is 11.0. The smallest absolute Gasteiger partial charge is 0.0277 e. The Bertz CT molecular complexity index is 176. The molecule has 0 unspecified atom stereocenters. The summed E-state index contributed by atoms with van der Waals surface area (Å²) in [5, 5.41) is 0. The van der Waals surface area contributed by atoms with Gasteiger partial charge in [-0.1, -0.05) is 24.3 Å². The highest BCUT2D eigenvalue weighted by Crippen LogP contribution is 2.13. The van der Waals surface area contributed by atoms with Gasteiger partial charge in [-0.15, -0.1) is 0 Å². The van der Waals surface area contributed by atoms with Crippen LogP contribution in [0.25, 0.3) is 0 Å². The molecule has 0 atom stereocenters. The van der Waals surface area contributed by atoms with E-state index in [2.05, 4.69) is 33.4 Å². The van der Waals surface area contributed by atoms with E-state index in [0.717, 1.165) is 0 Å². The third-order valence-electron chi connectivity index (χ3n) is 1.71. The lowest BCUT2D eigenvalue weighted by Crippen LogP contribution is -1.82. The Labute approximate surface area is 64.0 Å². The van der Waals surface area contributed by atoms with Gasteiger partial charge in [0.25, 0.3) is 0 Å². The lowest BCUT2D eigenvalue weighted by Gasteiger charge is -2.02. The fraction of sp³-hybridized carbons (Fsp3) is 0.400. The molecule has 0 bridgehead atoms. The molecule has 56 valence electrons. The maximum absolute atomic E-state index is 3.73. The Kier molecular flexibility index (Phi) is 3.78. The molecule has 0 N–H and O–H groups in total. The van der Waals surface area contributed by atoms with Gasteiger partial charge in [-0.25, -0.2) is 0 Å². The molecule has 0 rings (SSSR count). The third kappa shape index (κ3) is 2.22. The van der Waals surface area contributed by atoms with Crippen molar-refractivity contribution in [3.05, 3.63) is 35.5 Å². The lowest BCUT2D eigenvalue weighted by atomic mass is 10.0. The van der Waals surface area contributed by atoms with Gasteiger partial charge in [0.1, 0.15) is 0 Å². The van der Waals surface area contributed by atoms with Crippen LogP contribution < -0.4 is 0 Å². The average Bonchev–Trinajstić information content (AvgIpc) is 1.90. The number of hydrogen-bond acceptors (Lipinski definition) is 0. The highest BCUT2D eigenvalue weighted by atomic mass is 14.0. The molecule has 0 radical (unpaired) electrons.